The second-order valence-corrected chi connectivity index (χ2v) is 6.35. The lowest BCUT2D eigenvalue weighted by Crippen LogP contribution is -2.61. The van der Waals surface area contributed by atoms with Gasteiger partial charge in [0.05, 0.1) is 0 Å². The molecule has 0 radical (unpaired) electrons. The van der Waals surface area contributed by atoms with Crippen molar-refractivity contribution in [3.05, 3.63) is 0 Å². The molecule has 0 aromatic carbocycles. The second kappa shape index (κ2) is 5.79. The van der Waals surface area contributed by atoms with Crippen LogP contribution in [0.1, 0.15) is 26.7 Å². The van der Waals surface area contributed by atoms with Gasteiger partial charge in [-0.25, -0.2) is 0 Å². The van der Waals surface area contributed by atoms with E-state index in [0.29, 0.717) is 12.5 Å². The van der Waals surface area contributed by atoms with Crippen LogP contribution in [0.25, 0.3) is 0 Å². The zero-order chi connectivity index (χ0) is 11.2. The third-order valence-corrected chi connectivity index (χ3v) is 4.84. The Hall–Kier alpha value is 0.0169. The van der Waals surface area contributed by atoms with Crippen molar-refractivity contribution in [2.24, 2.45) is 11.5 Å². The molecule has 6 heteroatoms. The van der Waals surface area contributed by atoms with Crippen molar-refractivity contribution >= 4 is 8.80 Å². The monoisotopic (exact) mass is 222 g/mol. The quantitative estimate of drug-likeness (QED) is 0.488. The maximum Gasteiger partial charge on any atom is 0.502 e. The van der Waals surface area contributed by atoms with Gasteiger partial charge in [-0.1, -0.05) is 20.3 Å². The van der Waals surface area contributed by atoms with Gasteiger partial charge < -0.3 is 13.3 Å². The number of rotatable bonds is 7. The third kappa shape index (κ3) is 4.03. The van der Waals surface area contributed by atoms with Crippen LogP contribution in [0.15, 0.2) is 0 Å². The number of hydrogen-bond acceptors (Lipinski definition) is 5. The SMILES string of the molecule is CCCC(N)(N)O[Si](CC)(OC)OC. The average Bonchev–Trinajstić information content (AvgIpc) is 2.14. The molecule has 0 heterocycles. The second-order valence-electron chi connectivity index (χ2n) is 3.25. The van der Waals surface area contributed by atoms with E-state index in [1.54, 1.807) is 14.2 Å². The molecule has 0 atom stereocenters. The van der Waals surface area contributed by atoms with Crippen molar-refractivity contribution in [2.45, 2.75) is 38.6 Å². The Labute approximate surface area is 87.1 Å². The summed E-state index contributed by atoms with van der Waals surface area (Å²) in [6.07, 6.45) is 1.43. The molecule has 0 aliphatic heterocycles. The van der Waals surface area contributed by atoms with Crippen molar-refractivity contribution in [2.75, 3.05) is 14.2 Å². The van der Waals surface area contributed by atoms with Gasteiger partial charge in [-0.3, -0.25) is 11.5 Å². The molecule has 0 fully saturated rings. The van der Waals surface area contributed by atoms with Crippen LogP contribution in [0.5, 0.6) is 0 Å². The van der Waals surface area contributed by atoms with Gasteiger partial charge in [0.2, 0.25) is 0 Å². The summed E-state index contributed by atoms with van der Waals surface area (Å²) in [7, 11) is 0.474. The van der Waals surface area contributed by atoms with E-state index in [4.69, 9.17) is 24.7 Å². The summed E-state index contributed by atoms with van der Waals surface area (Å²) >= 11 is 0. The minimum absolute atomic E-state index is 0.578. The zero-order valence-corrected chi connectivity index (χ0v) is 10.5. The standard InChI is InChI=1S/C8H22N2O3Si/c1-5-7-8(9,10)13-14(6-2,11-3)12-4/h5-7,9-10H2,1-4H3. The first kappa shape index (κ1) is 14.0. The van der Waals surface area contributed by atoms with Crippen molar-refractivity contribution in [3.63, 3.8) is 0 Å². The van der Waals surface area contributed by atoms with Crippen molar-refractivity contribution in [3.8, 4) is 0 Å². The molecule has 0 bridgehead atoms. The maximum atomic E-state index is 5.77. The van der Waals surface area contributed by atoms with Gasteiger partial charge in [0, 0.05) is 26.7 Å². The van der Waals surface area contributed by atoms with Crippen LogP contribution in [0.2, 0.25) is 6.04 Å². The van der Waals surface area contributed by atoms with E-state index in [0.717, 1.165) is 6.42 Å². The minimum atomic E-state index is -2.64. The fourth-order valence-electron chi connectivity index (χ4n) is 1.26. The Morgan fingerprint density at radius 2 is 1.64 bits per heavy atom. The zero-order valence-electron chi connectivity index (χ0n) is 9.50. The smallest absolute Gasteiger partial charge is 0.377 e. The summed E-state index contributed by atoms with van der Waals surface area (Å²) in [6, 6.07) is 0.653. The molecule has 0 aliphatic rings. The molecule has 0 amide bonds. The fourth-order valence-corrected chi connectivity index (χ4v) is 2.99. The minimum Gasteiger partial charge on any atom is -0.377 e. The molecule has 5 nitrogen and oxygen atoms in total. The number of nitrogens with two attached hydrogens (primary N) is 2. The molecule has 0 saturated carbocycles. The van der Waals surface area contributed by atoms with Gasteiger partial charge in [0.25, 0.3) is 0 Å². The van der Waals surface area contributed by atoms with Crippen molar-refractivity contribution < 1.29 is 13.3 Å². The van der Waals surface area contributed by atoms with E-state index < -0.39 is 14.7 Å². The molecule has 14 heavy (non-hydrogen) atoms. The van der Waals surface area contributed by atoms with Gasteiger partial charge in [0.15, 0.2) is 5.85 Å². The molecular weight excluding hydrogens is 200 g/mol. The van der Waals surface area contributed by atoms with Crippen molar-refractivity contribution in [1.29, 1.82) is 0 Å². The lowest BCUT2D eigenvalue weighted by Gasteiger charge is -2.34. The summed E-state index contributed by atoms with van der Waals surface area (Å²) < 4.78 is 16.1. The topological polar surface area (TPSA) is 79.7 Å². The normalized spacial score (nSPS) is 13.3. The Bertz CT molecular complexity index is 154. The first-order chi connectivity index (χ1) is 6.45. The van der Waals surface area contributed by atoms with Crippen LogP contribution in [0.3, 0.4) is 0 Å². The van der Waals surface area contributed by atoms with Gasteiger partial charge in [-0.2, -0.15) is 0 Å². The lowest BCUT2D eigenvalue weighted by molar-refractivity contribution is -0.0153. The predicted octanol–water partition coefficient (Wildman–Crippen LogP) is 0.626. The summed E-state index contributed by atoms with van der Waals surface area (Å²) in [5.74, 6) is -1.15. The lowest BCUT2D eigenvalue weighted by atomic mass is 10.2. The molecule has 0 aliphatic carbocycles. The highest BCUT2D eigenvalue weighted by Crippen LogP contribution is 2.18. The van der Waals surface area contributed by atoms with E-state index in [2.05, 4.69) is 0 Å². The molecule has 86 valence electrons. The fraction of sp³-hybridized carbons (Fsp3) is 1.00. The van der Waals surface area contributed by atoms with Crippen LogP contribution in [-0.2, 0) is 13.3 Å². The van der Waals surface area contributed by atoms with Gasteiger partial charge in [-0.05, 0) is 0 Å². The van der Waals surface area contributed by atoms with Gasteiger partial charge >= 0.3 is 8.80 Å². The molecule has 0 aromatic heterocycles. The van der Waals surface area contributed by atoms with E-state index >= 15 is 0 Å². The van der Waals surface area contributed by atoms with Gasteiger partial charge in [-0.15, -0.1) is 0 Å². The van der Waals surface area contributed by atoms with E-state index in [1.165, 1.54) is 0 Å². The van der Waals surface area contributed by atoms with Crippen LogP contribution >= 0.6 is 0 Å². The van der Waals surface area contributed by atoms with Crippen LogP contribution in [0, 0.1) is 0 Å². The Morgan fingerprint density at radius 1 is 1.14 bits per heavy atom. The summed E-state index contributed by atoms with van der Waals surface area (Å²) in [6.45, 7) is 3.92. The first-order valence-electron chi connectivity index (χ1n) is 4.83. The molecule has 0 saturated heterocycles. The molecule has 4 N–H and O–H groups in total. The first-order valence-corrected chi connectivity index (χ1v) is 6.76. The van der Waals surface area contributed by atoms with Crippen LogP contribution in [-0.4, -0.2) is 28.9 Å². The Morgan fingerprint density at radius 3 is 1.93 bits per heavy atom. The predicted molar refractivity (Wildman–Crippen MR) is 57.4 cm³/mol. The summed E-state index contributed by atoms with van der Waals surface area (Å²) in [5.41, 5.74) is 11.5. The molecule has 0 unspecified atom stereocenters. The molecule has 0 spiro atoms. The van der Waals surface area contributed by atoms with E-state index in [-0.39, 0.29) is 0 Å². The van der Waals surface area contributed by atoms with Gasteiger partial charge in [0.1, 0.15) is 0 Å². The largest absolute Gasteiger partial charge is 0.502 e. The van der Waals surface area contributed by atoms with Crippen LogP contribution < -0.4 is 11.5 Å². The Kier molecular flexibility index (Phi) is 5.80. The molecule has 0 rings (SSSR count). The highest BCUT2D eigenvalue weighted by atomic mass is 28.4. The third-order valence-electron chi connectivity index (χ3n) is 2.04. The Balaban J connectivity index is 4.41. The summed E-state index contributed by atoms with van der Waals surface area (Å²) in [4.78, 5) is 0. The van der Waals surface area contributed by atoms with E-state index in [1.807, 2.05) is 13.8 Å². The maximum absolute atomic E-state index is 5.77. The van der Waals surface area contributed by atoms with Crippen molar-refractivity contribution in [1.82, 2.24) is 0 Å². The highest BCUT2D eigenvalue weighted by Gasteiger charge is 2.42. The average molecular weight is 222 g/mol. The number of hydrogen-bond donors (Lipinski definition) is 2. The molecular formula is C8H22N2O3Si. The molecule has 0 aromatic rings. The van der Waals surface area contributed by atoms with E-state index in [9.17, 15) is 0 Å². The summed E-state index contributed by atoms with van der Waals surface area (Å²) in [5, 5.41) is 0. The highest BCUT2D eigenvalue weighted by molar-refractivity contribution is 6.60. The van der Waals surface area contributed by atoms with Crippen LogP contribution in [0.4, 0.5) is 0 Å².